The van der Waals surface area contributed by atoms with E-state index in [-0.39, 0.29) is 12.1 Å². The van der Waals surface area contributed by atoms with E-state index in [1.165, 1.54) is 77.0 Å². The highest BCUT2D eigenvalue weighted by Crippen LogP contribution is 2.18. The summed E-state index contributed by atoms with van der Waals surface area (Å²) >= 11 is 0. The third kappa shape index (κ3) is 21.5. The van der Waals surface area contributed by atoms with Gasteiger partial charge in [0, 0.05) is 12.8 Å². The van der Waals surface area contributed by atoms with Crippen LogP contribution in [0.5, 0.6) is 0 Å². The lowest BCUT2D eigenvalue weighted by molar-refractivity contribution is -0.150. The number of esters is 1. The van der Waals surface area contributed by atoms with E-state index in [4.69, 9.17) is 11.3 Å². The molecule has 0 aliphatic heterocycles. The zero-order chi connectivity index (χ0) is 21.4. The molecule has 0 saturated heterocycles. The van der Waals surface area contributed by atoms with Crippen LogP contribution < -0.4 is 0 Å². The Kier molecular flexibility index (Phi) is 22.4. The number of hydrogen-bond acceptors (Lipinski definition) is 2. The van der Waals surface area contributed by atoms with Crippen molar-refractivity contribution in [1.29, 1.82) is 0 Å². The number of rotatable bonds is 22. The summed E-state index contributed by atoms with van der Waals surface area (Å²) in [6.45, 7) is 11.9. The first kappa shape index (κ1) is 28.0. The van der Waals surface area contributed by atoms with Crippen molar-refractivity contribution >= 4 is 5.97 Å². The lowest BCUT2D eigenvalue weighted by Crippen LogP contribution is -2.18. The molecule has 0 heterocycles. The van der Waals surface area contributed by atoms with Crippen LogP contribution in [0.25, 0.3) is 4.85 Å². The van der Waals surface area contributed by atoms with Crippen molar-refractivity contribution in [2.24, 2.45) is 0 Å². The van der Waals surface area contributed by atoms with Crippen LogP contribution >= 0.6 is 0 Å². The van der Waals surface area contributed by atoms with E-state index < -0.39 is 0 Å². The summed E-state index contributed by atoms with van der Waals surface area (Å²) in [5.74, 6) is 0.00752. The predicted octanol–water partition coefficient (Wildman–Crippen LogP) is 8.66. The maximum absolute atomic E-state index is 12.3. The zero-order valence-electron chi connectivity index (χ0n) is 19.7. The van der Waals surface area contributed by atoms with Crippen molar-refractivity contribution in [3.8, 4) is 0 Å². The van der Waals surface area contributed by atoms with Gasteiger partial charge in [-0.1, -0.05) is 90.9 Å². The molecule has 0 rings (SSSR count). The highest BCUT2D eigenvalue weighted by Gasteiger charge is 2.14. The van der Waals surface area contributed by atoms with E-state index in [0.29, 0.717) is 13.0 Å². The molecule has 0 fully saturated rings. The first-order valence-electron chi connectivity index (χ1n) is 12.8. The molecule has 170 valence electrons. The number of unbranched alkanes of at least 4 members (excludes halogenated alkanes) is 14. The highest BCUT2D eigenvalue weighted by atomic mass is 16.5. The Morgan fingerprint density at radius 2 is 1.14 bits per heavy atom. The maximum atomic E-state index is 12.3. The van der Waals surface area contributed by atoms with Crippen LogP contribution in [0.3, 0.4) is 0 Å². The van der Waals surface area contributed by atoms with Gasteiger partial charge in [0.25, 0.3) is 0 Å². The molecule has 3 heteroatoms. The minimum atomic E-state index is 0.00752. The molecule has 0 spiro atoms. The van der Waals surface area contributed by atoms with Gasteiger partial charge in [-0.3, -0.25) is 4.79 Å². The molecule has 0 atom stereocenters. The molecule has 0 aromatic carbocycles. The average molecular weight is 408 g/mol. The van der Waals surface area contributed by atoms with Crippen molar-refractivity contribution in [2.45, 2.75) is 148 Å². The van der Waals surface area contributed by atoms with Crippen molar-refractivity contribution < 1.29 is 9.53 Å². The molecule has 0 aliphatic rings. The van der Waals surface area contributed by atoms with Crippen molar-refractivity contribution in [2.75, 3.05) is 6.54 Å². The van der Waals surface area contributed by atoms with Crippen LogP contribution in [-0.2, 0) is 9.53 Å². The number of carbonyl (C=O) groups excluding carboxylic acids is 1. The highest BCUT2D eigenvalue weighted by molar-refractivity contribution is 5.69. The van der Waals surface area contributed by atoms with Gasteiger partial charge < -0.3 is 9.58 Å². The van der Waals surface area contributed by atoms with Crippen LogP contribution in [0.2, 0.25) is 0 Å². The Balaban J connectivity index is 4.00. The minimum Gasteiger partial charge on any atom is -0.462 e. The number of carbonyl (C=O) groups is 1. The van der Waals surface area contributed by atoms with Crippen LogP contribution in [0.4, 0.5) is 0 Å². The molecule has 0 bridgehead atoms. The summed E-state index contributed by atoms with van der Waals surface area (Å²) in [5, 5.41) is 0. The smallest absolute Gasteiger partial charge is 0.306 e. The molecule has 0 aliphatic carbocycles. The third-order valence-electron chi connectivity index (χ3n) is 5.71. The second-order valence-electron chi connectivity index (χ2n) is 8.62. The second kappa shape index (κ2) is 23.2. The van der Waals surface area contributed by atoms with Crippen molar-refractivity contribution in [3.05, 3.63) is 11.4 Å². The van der Waals surface area contributed by atoms with Crippen molar-refractivity contribution in [1.82, 2.24) is 0 Å². The predicted molar refractivity (Wildman–Crippen MR) is 125 cm³/mol. The third-order valence-corrected chi connectivity index (χ3v) is 5.71. The Labute approximate surface area is 182 Å². The summed E-state index contributed by atoms with van der Waals surface area (Å²) in [6, 6.07) is 0. The monoisotopic (exact) mass is 407 g/mol. The van der Waals surface area contributed by atoms with E-state index >= 15 is 0 Å². The van der Waals surface area contributed by atoms with Crippen LogP contribution in [0.15, 0.2) is 0 Å². The van der Waals surface area contributed by atoms with E-state index in [0.717, 1.165) is 44.9 Å². The Hall–Kier alpha value is -1.04. The van der Waals surface area contributed by atoms with Gasteiger partial charge in [0.05, 0.1) is 0 Å². The van der Waals surface area contributed by atoms with Gasteiger partial charge in [0.1, 0.15) is 6.10 Å². The largest absolute Gasteiger partial charge is 0.462 e. The fourth-order valence-corrected chi connectivity index (χ4v) is 3.80. The maximum Gasteiger partial charge on any atom is 0.306 e. The molecule has 0 amide bonds. The second-order valence-corrected chi connectivity index (χ2v) is 8.62. The van der Waals surface area contributed by atoms with Crippen LogP contribution in [0.1, 0.15) is 142 Å². The number of hydrogen-bond donors (Lipinski definition) is 0. The van der Waals surface area contributed by atoms with Gasteiger partial charge in [0.2, 0.25) is 6.54 Å². The fourth-order valence-electron chi connectivity index (χ4n) is 3.80. The van der Waals surface area contributed by atoms with E-state index in [2.05, 4.69) is 18.7 Å². The van der Waals surface area contributed by atoms with Gasteiger partial charge in [-0.2, -0.15) is 0 Å². The molecule has 29 heavy (non-hydrogen) atoms. The lowest BCUT2D eigenvalue weighted by atomic mass is 10.0. The van der Waals surface area contributed by atoms with Gasteiger partial charge in [-0.25, -0.2) is 6.57 Å². The molecule has 0 aromatic rings. The normalized spacial score (nSPS) is 11.0. The van der Waals surface area contributed by atoms with E-state index in [1.807, 2.05) is 0 Å². The molecule has 0 N–H and O–H groups in total. The van der Waals surface area contributed by atoms with Gasteiger partial charge in [-0.15, -0.1) is 0 Å². The molecule has 0 saturated carbocycles. The Morgan fingerprint density at radius 3 is 1.66 bits per heavy atom. The minimum absolute atomic E-state index is 0.00752. The number of ether oxygens (including phenoxy) is 1. The van der Waals surface area contributed by atoms with Gasteiger partial charge in [-0.05, 0) is 38.5 Å². The SMILES string of the molecule is [C-]#[N+]CCCCCCCC(=O)OC(CCCCCCCC)CCCCCCCC. The fraction of sp³-hybridized carbons (Fsp3) is 0.923. The lowest BCUT2D eigenvalue weighted by Gasteiger charge is -2.18. The molecule has 3 nitrogen and oxygen atoms in total. The Bertz CT molecular complexity index is 373. The zero-order valence-corrected chi connectivity index (χ0v) is 19.7. The molecular formula is C26H49NO2. The number of nitrogens with zero attached hydrogens (tertiary/aromatic N) is 1. The van der Waals surface area contributed by atoms with E-state index in [9.17, 15) is 4.79 Å². The van der Waals surface area contributed by atoms with Crippen LogP contribution in [0, 0.1) is 6.57 Å². The summed E-state index contributed by atoms with van der Waals surface area (Å²) in [6.07, 6.45) is 23.5. The molecule has 0 radical (unpaired) electrons. The summed E-state index contributed by atoms with van der Waals surface area (Å²) in [4.78, 5) is 15.7. The van der Waals surface area contributed by atoms with Gasteiger partial charge in [0.15, 0.2) is 0 Å². The molecular weight excluding hydrogens is 358 g/mol. The Morgan fingerprint density at radius 1 is 0.690 bits per heavy atom. The molecule has 0 aromatic heterocycles. The summed E-state index contributed by atoms with van der Waals surface area (Å²) in [7, 11) is 0. The van der Waals surface area contributed by atoms with E-state index in [1.54, 1.807) is 0 Å². The first-order valence-corrected chi connectivity index (χ1v) is 12.8. The quantitative estimate of drug-likeness (QED) is 0.102. The van der Waals surface area contributed by atoms with Gasteiger partial charge >= 0.3 is 5.97 Å². The van der Waals surface area contributed by atoms with Crippen molar-refractivity contribution in [3.63, 3.8) is 0 Å². The average Bonchev–Trinajstić information content (AvgIpc) is 2.72. The summed E-state index contributed by atoms with van der Waals surface area (Å²) < 4.78 is 5.87. The summed E-state index contributed by atoms with van der Waals surface area (Å²) in [5.41, 5.74) is 0. The molecule has 0 unspecified atom stereocenters. The standard InChI is InChI=1S/C26H49NO2/c1-4-6-8-10-13-17-21-25(22-18-14-11-9-7-5-2)29-26(28)23-19-15-12-16-20-24-27-3/h25H,4-24H2,1-2H3. The van der Waals surface area contributed by atoms with Crippen LogP contribution in [-0.4, -0.2) is 18.6 Å². The topological polar surface area (TPSA) is 30.7 Å². The first-order chi connectivity index (χ1) is 14.2.